The van der Waals surface area contributed by atoms with E-state index in [1.54, 1.807) is 11.0 Å². The highest BCUT2D eigenvalue weighted by Gasteiger charge is 2.39. The normalized spacial score (nSPS) is 20.4. The molecule has 1 atom stereocenters. The number of aryl methyl sites for hydroxylation is 1. The molecule has 6 rings (SSSR count). The standard InChI is InChI=1S/C30H33ClN4O2S/c1-33(29(37)27-25(31)8-19-38-27)26-5-4-21-2-3-22(20-24(21)26)28(36)35-17-11-30(12-18-35)9-15-34(16-10-30)23-6-13-32-14-7-23/h2-3,6-8,13-14,19-20,26H,4-5,9-12,15-18H2,1H3. The third-order valence-corrected chi connectivity index (χ3v) is 10.3. The van der Waals surface area contributed by atoms with E-state index in [0.29, 0.717) is 15.3 Å². The summed E-state index contributed by atoms with van der Waals surface area (Å²) in [5.74, 6) is 0.0497. The third-order valence-electron chi connectivity index (χ3n) is 9.00. The molecule has 3 aromatic rings. The van der Waals surface area contributed by atoms with Gasteiger partial charge in [0.2, 0.25) is 0 Å². The Morgan fingerprint density at radius 1 is 1.03 bits per heavy atom. The van der Waals surface area contributed by atoms with Gasteiger partial charge in [0.05, 0.1) is 11.1 Å². The fourth-order valence-corrected chi connectivity index (χ4v) is 7.64. The Bertz CT molecular complexity index is 1330. The zero-order valence-corrected chi connectivity index (χ0v) is 23.3. The van der Waals surface area contributed by atoms with Crippen LogP contribution in [0.5, 0.6) is 0 Å². The highest BCUT2D eigenvalue weighted by Crippen LogP contribution is 2.43. The molecule has 2 fully saturated rings. The quantitative estimate of drug-likeness (QED) is 0.396. The number of hydrogen-bond donors (Lipinski definition) is 0. The molecule has 2 saturated heterocycles. The number of fused-ring (bicyclic) bond motifs is 1. The maximum absolute atomic E-state index is 13.6. The summed E-state index contributed by atoms with van der Waals surface area (Å²) in [5.41, 5.74) is 4.64. The zero-order chi connectivity index (χ0) is 26.3. The number of amides is 2. The van der Waals surface area contributed by atoms with E-state index in [9.17, 15) is 9.59 Å². The van der Waals surface area contributed by atoms with Crippen LogP contribution in [0.25, 0.3) is 0 Å². The summed E-state index contributed by atoms with van der Waals surface area (Å²) in [6, 6.07) is 12.0. The molecule has 0 saturated carbocycles. The van der Waals surface area contributed by atoms with Crippen molar-refractivity contribution in [3.05, 3.63) is 80.8 Å². The van der Waals surface area contributed by atoms with Crippen LogP contribution >= 0.6 is 22.9 Å². The van der Waals surface area contributed by atoms with E-state index >= 15 is 0 Å². The number of anilines is 1. The molecule has 2 aromatic heterocycles. The Kier molecular flexibility index (Phi) is 6.91. The van der Waals surface area contributed by atoms with Crippen LogP contribution in [0, 0.1) is 5.41 Å². The van der Waals surface area contributed by atoms with Gasteiger partial charge in [-0.3, -0.25) is 14.6 Å². The van der Waals surface area contributed by atoms with Crippen molar-refractivity contribution in [3.8, 4) is 0 Å². The minimum absolute atomic E-state index is 0.0429. The first kappa shape index (κ1) is 25.4. The molecule has 4 heterocycles. The first-order valence-electron chi connectivity index (χ1n) is 13.5. The molecule has 3 aliphatic rings. The van der Waals surface area contributed by atoms with E-state index < -0.39 is 0 Å². The van der Waals surface area contributed by atoms with Gasteiger partial charge in [0.25, 0.3) is 11.8 Å². The highest BCUT2D eigenvalue weighted by atomic mass is 35.5. The maximum Gasteiger partial charge on any atom is 0.265 e. The first-order chi connectivity index (χ1) is 18.4. The number of aromatic nitrogens is 1. The van der Waals surface area contributed by atoms with Gasteiger partial charge in [-0.1, -0.05) is 17.7 Å². The Morgan fingerprint density at radius 3 is 2.42 bits per heavy atom. The molecule has 6 nitrogen and oxygen atoms in total. The lowest BCUT2D eigenvalue weighted by atomic mass is 9.71. The summed E-state index contributed by atoms with van der Waals surface area (Å²) < 4.78 is 0. The maximum atomic E-state index is 13.6. The van der Waals surface area contributed by atoms with Crippen LogP contribution in [0.2, 0.25) is 5.02 Å². The van der Waals surface area contributed by atoms with Gasteiger partial charge in [0.15, 0.2) is 0 Å². The monoisotopic (exact) mass is 548 g/mol. The van der Waals surface area contributed by atoms with Crippen LogP contribution in [0.3, 0.4) is 0 Å². The number of halogens is 1. The lowest BCUT2D eigenvalue weighted by Crippen LogP contribution is -2.48. The van der Waals surface area contributed by atoms with Gasteiger partial charge >= 0.3 is 0 Å². The van der Waals surface area contributed by atoms with Gasteiger partial charge in [0.1, 0.15) is 4.88 Å². The van der Waals surface area contributed by atoms with Gasteiger partial charge in [-0.25, -0.2) is 0 Å². The van der Waals surface area contributed by atoms with E-state index in [-0.39, 0.29) is 17.9 Å². The summed E-state index contributed by atoms with van der Waals surface area (Å²) >= 11 is 7.61. The molecule has 0 bridgehead atoms. The second-order valence-corrected chi connectivity index (χ2v) is 12.3. The van der Waals surface area contributed by atoms with E-state index in [0.717, 1.165) is 63.0 Å². The minimum Gasteiger partial charge on any atom is -0.371 e. The van der Waals surface area contributed by atoms with Crippen molar-refractivity contribution < 1.29 is 9.59 Å². The van der Waals surface area contributed by atoms with Crippen molar-refractivity contribution in [1.82, 2.24) is 14.8 Å². The number of thiophene rings is 1. The number of pyridine rings is 1. The number of benzene rings is 1. The molecule has 1 spiro atoms. The molecule has 38 heavy (non-hydrogen) atoms. The van der Waals surface area contributed by atoms with Crippen molar-refractivity contribution in [2.24, 2.45) is 5.41 Å². The van der Waals surface area contributed by atoms with Crippen LogP contribution in [0.4, 0.5) is 5.69 Å². The Morgan fingerprint density at radius 2 is 1.74 bits per heavy atom. The van der Waals surface area contributed by atoms with Gasteiger partial charge in [-0.15, -0.1) is 11.3 Å². The lowest BCUT2D eigenvalue weighted by Gasteiger charge is -2.47. The summed E-state index contributed by atoms with van der Waals surface area (Å²) in [6.45, 7) is 3.74. The fraction of sp³-hybridized carbons (Fsp3) is 0.433. The molecule has 1 aromatic carbocycles. The topological polar surface area (TPSA) is 56.8 Å². The number of carbonyl (C=O) groups is 2. The fourth-order valence-electron chi connectivity index (χ4n) is 6.52. The molecule has 2 amide bonds. The number of rotatable bonds is 4. The predicted octanol–water partition coefficient (Wildman–Crippen LogP) is 6.08. The SMILES string of the molecule is CN(C(=O)c1sccc1Cl)C1CCc2ccc(C(=O)N3CCC4(CC3)CCN(c3ccncc3)CC4)cc21. The Balaban J connectivity index is 1.10. The van der Waals surface area contributed by atoms with Crippen molar-refractivity contribution in [2.45, 2.75) is 44.6 Å². The Labute approximate surface area is 233 Å². The number of carbonyl (C=O) groups excluding carboxylic acids is 2. The average molecular weight is 549 g/mol. The van der Waals surface area contributed by atoms with Crippen LogP contribution in [0.1, 0.15) is 69.3 Å². The number of hydrogen-bond acceptors (Lipinski definition) is 5. The van der Waals surface area contributed by atoms with E-state index in [1.807, 2.05) is 41.9 Å². The molecular weight excluding hydrogens is 516 g/mol. The van der Waals surface area contributed by atoms with E-state index in [4.69, 9.17) is 11.6 Å². The van der Waals surface area contributed by atoms with Gasteiger partial charge in [-0.05, 0) is 90.8 Å². The van der Waals surface area contributed by atoms with Crippen LogP contribution in [-0.2, 0) is 6.42 Å². The van der Waals surface area contributed by atoms with Gasteiger partial charge < -0.3 is 14.7 Å². The smallest absolute Gasteiger partial charge is 0.265 e. The van der Waals surface area contributed by atoms with Crippen LogP contribution < -0.4 is 4.90 Å². The summed E-state index contributed by atoms with van der Waals surface area (Å²) in [4.78, 5) is 37.7. The largest absolute Gasteiger partial charge is 0.371 e. The van der Waals surface area contributed by atoms with E-state index in [1.165, 1.54) is 35.4 Å². The van der Waals surface area contributed by atoms with Crippen molar-refractivity contribution >= 4 is 40.4 Å². The van der Waals surface area contributed by atoms with Gasteiger partial charge in [0, 0.05) is 56.9 Å². The highest BCUT2D eigenvalue weighted by molar-refractivity contribution is 7.12. The van der Waals surface area contributed by atoms with Crippen LogP contribution in [0.15, 0.2) is 54.2 Å². The summed E-state index contributed by atoms with van der Waals surface area (Å²) in [7, 11) is 1.84. The molecule has 198 valence electrons. The third kappa shape index (κ3) is 4.71. The zero-order valence-electron chi connectivity index (χ0n) is 21.7. The molecule has 1 unspecified atom stereocenters. The van der Waals surface area contributed by atoms with Gasteiger partial charge in [-0.2, -0.15) is 0 Å². The predicted molar refractivity (Wildman–Crippen MR) is 152 cm³/mol. The summed E-state index contributed by atoms with van der Waals surface area (Å²) in [5, 5.41) is 2.34. The van der Waals surface area contributed by atoms with Crippen molar-refractivity contribution in [1.29, 1.82) is 0 Å². The minimum atomic E-state index is -0.0594. The average Bonchev–Trinajstić information content (AvgIpc) is 3.59. The second-order valence-electron chi connectivity index (χ2n) is 11.0. The van der Waals surface area contributed by atoms with Crippen molar-refractivity contribution in [2.75, 3.05) is 38.1 Å². The molecule has 1 aliphatic carbocycles. The molecule has 2 aliphatic heterocycles. The molecule has 0 N–H and O–H groups in total. The van der Waals surface area contributed by atoms with Crippen LogP contribution in [-0.4, -0.2) is 59.8 Å². The lowest BCUT2D eigenvalue weighted by molar-refractivity contribution is 0.0515. The first-order valence-corrected chi connectivity index (χ1v) is 14.8. The summed E-state index contributed by atoms with van der Waals surface area (Å²) in [6.07, 6.45) is 9.97. The molecule has 0 radical (unpaired) electrons. The Hall–Kier alpha value is -2.90. The second kappa shape index (κ2) is 10.3. The number of likely N-dealkylation sites (tertiary alicyclic amines) is 1. The number of nitrogens with zero attached hydrogens (tertiary/aromatic N) is 4. The van der Waals surface area contributed by atoms with E-state index in [2.05, 4.69) is 28.1 Å². The molecular formula is C30H33ClN4O2S. The van der Waals surface area contributed by atoms with Crippen molar-refractivity contribution in [3.63, 3.8) is 0 Å². The number of piperidine rings is 2. The molecule has 8 heteroatoms.